The first-order chi connectivity index (χ1) is 8.66. The highest BCUT2D eigenvalue weighted by Crippen LogP contribution is 2.16. The third-order valence-corrected chi connectivity index (χ3v) is 4.05. The molecule has 0 radical (unpaired) electrons. The molecule has 0 amide bonds. The van der Waals surface area contributed by atoms with Gasteiger partial charge in [0, 0.05) is 22.0 Å². The normalized spacial score (nSPS) is 12.3. The van der Waals surface area contributed by atoms with Gasteiger partial charge in [-0.15, -0.1) is 0 Å². The maximum absolute atomic E-state index is 11.9. The molecular formula is C13H12ClNO2S. The lowest BCUT2D eigenvalue weighted by Crippen LogP contribution is -2.12. The fourth-order valence-corrected chi connectivity index (χ4v) is 3.00. The molecule has 1 atom stereocenters. The lowest BCUT2D eigenvalue weighted by molar-refractivity contribution is 0.101. The molecule has 1 heterocycles. The maximum atomic E-state index is 11.9. The van der Waals surface area contributed by atoms with E-state index >= 15 is 0 Å². The van der Waals surface area contributed by atoms with Crippen molar-refractivity contribution in [2.75, 3.05) is 5.75 Å². The summed E-state index contributed by atoms with van der Waals surface area (Å²) in [5, 5.41) is 0.582. The minimum absolute atomic E-state index is 0.00569. The summed E-state index contributed by atoms with van der Waals surface area (Å²) < 4.78 is 11.9. The first-order valence-corrected chi connectivity index (χ1v) is 7.28. The molecule has 18 heavy (non-hydrogen) atoms. The van der Waals surface area contributed by atoms with E-state index in [2.05, 4.69) is 4.98 Å². The van der Waals surface area contributed by atoms with Crippen LogP contribution in [0.15, 0.2) is 42.6 Å². The number of rotatable bonds is 5. The Morgan fingerprint density at radius 3 is 2.67 bits per heavy atom. The second-order valence-electron chi connectivity index (χ2n) is 3.83. The molecule has 0 aliphatic carbocycles. The molecule has 2 rings (SSSR count). The number of ketones is 1. The molecule has 94 valence electrons. The largest absolute Gasteiger partial charge is 0.359 e. The number of Topliss-reactive ketones (excluding diaryl/α,β-unsaturated/α-hetero) is 1. The molecule has 0 aliphatic heterocycles. The monoisotopic (exact) mass is 281 g/mol. The summed E-state index contributed by atoms with van der Waals surface area (Å²) in [6, 6.07) is 10.6. The van der Waals surface area contributed by atoms with Crippen LogP contribution in [0.1, 0.15) is 16.1 Å². The number of halogens is 1. The fourth-order valence-electron chi connectivity index (χ4n) is 1.57. The number of benzene rings is 1. The van der Waals surface area contributed by atoms with Gasteiger partial charge < -0.3 is 4.98 Å². The number of hydrogen-bond donors (Lipinski definition) is 1. The molecule has 1 aromatic carbocycles. The van der Waals surface area contributed by atoms with Crippen LogP contribution >= 0.6 is 11.6 Å². The van der Waals surface area contributed by atoms with Crippen LogP contribution in [0.2, 0.25) is 5.02 Å². The average molecular weight is 282 g/mol. The summed E-state index contributed by atoms with van der Waals surface area (Å²) in [5.74, 6) is 0.156. The van der Waals surface area contributed by atoms with E-state index in [4.69, 9.17) is 11.6 Å². The van der Waals surface area contributed by atoms with Crippen molar-refractivity contribution in [3.05, 3.63) is 58.9 Å². The third kappa shape index (κ3) is 3.31. The molecule has 2 aromatic rings. The Morgan fingerprint density at radius 2 is 2.00 bits per heavy atom. The molecule has 1 aromatic heterocycles. The highest BCUT2D eigenvalue weighted by Gasteiger charge is 2.12. The smallest absolute Gasteiger partial charge is 0.191 e. The minimum Gasteiger partial charge on any atom is -0.359 e. The molecule has 0 unspecified atom stereocenters. The zero-order chi connectivity index (χ0) is 13.0. The van der Waals surface area contributed by atoms with Gasteiger partial charge in [0.05, 0.1) is 17.2 Å². The molecule has 0 saturated carbocycles. The Kier molecular flexibility index (Phi) is 4.33. The molecule has 0 fully saturated rings. The Labute approximate surface area is 113 Å². The van der Waals surface area contributed by atoms with E-state index in [1.54, 1.807) is 24.4 Å². The number of aromatic amines is 1. The molecule has 3 nitrogen and oxygen atoms in total. The van der Waals surface area contributed by atoms with Crippen LogP contribution < -0.4 is 0 Å². The highest BCUT2D eigenvalue weighted by atomic mass is 35.5. The molecule has 0 spiro atoms. The van der Waals surface area contributed by atoms with Crippen molar-refractivity contribution in [3.8, 4) is 0 Å². The maximum Gasteiger partial charge on any atom is 0.191 e. The molecule has 5 heteroatoms. The van der Waals surface area contributed by atoms with Crippen LogP contribution in [0.4, 0.5) is 0 Å². The summed E-state index contributed by atoms with van der Waals surface area (Å²) in [5.41, 5.74) is 1.29. The Bertz CT molecular complexity index is 566. The molecule has 1 N–H and O–H groups in total. The van der Waals surface area contributed by atoms with E-state index in [1.807, 2.05) is 18.2 Å². The molecule has 0 aliphatic rings. The number of carbonyl (C=O) groups excluding carboxylic acids is 1. The summed E-state index contributed by atoms with van der Waals surface area (Å²) >= 11 is 5.98. The van der Waals surface area contributed by atoms with Gasteiger partial charge in [0.25, 0.3) is 0 Å². The molecule has 0 saturated heterocycles. The predicted molar refractivity (Wildman–Crippen MR) is 73.3 cm³/mol. The van der Waals surface area contributed by atoms with Gasteiger partial charge in [0.1, 0.15) is 0 Å². The van der Waals surface area contributed by atoms with E-state index in [1.165, 1.54) is 0 Å². The zero-order valence-electron chi connectivity index (χ0n) is 9.56. The van der Waals surface area contributed by atoms with Crippen LogP contribution in [-0.2, 0) is 16.6 Å². The second-order valence-corrected chi connectivity index (χ2v) is 5.69. The summed E-state index contributed by atoms with van der Waals surface area (Å²) in [4.78, 5) is 14.5. The van der Waals surface area contributed by atoms with Crippen molar-refractivity contribution in [1.29, 1.82) is 0 Å². The topological polar surface area (TPSA) is 49.9 Å². The van der Waals surface area contributed by atoms with Gasteiger partial charge in [0.15, 0.2) is 5.78 Å². The van der Waals surface area contributed by atoms with E-state index in [-0.39, 0.29) is 11.5 Å². The SMILES string of the molecule is O=C(C[S@](=O)Cc1ccccc1Cl)c1ccc[nH]1. The molecular weight excluding hydrogens is 270 g/mol. The highest BCUT2D eigenvalue weighted by molar-refractivity contribution is 7.85. The van der Waals surface area contributed by atoms with Gasteiger partial charge in [-0.3, -0.25) is 9.00 Å². The van der Waals surface area contributed by atoms with Crippen LogP contribution in [0.25, 0.3) is 0 Å². The lowest BCUT2D eigenvalue weighted by atomic mass is 10.2. The van der Waals surface area contributed by atoms with Crippen molar-refractivity contribution < 1.29 is 9.00 Å². The van der Waals surface area contributed by atoms with Gasteiger partial charge in [-0.25, -0.2) is 0 Å². The van der Waals surface area contributed by atoms with Crippen LogP contribution in [0.3, 0.4) is 0 Å². The number of hydrogen-bond acceptors (Lipinski definition) is 2. The number of nitrogens with one attached hydrogen (secondary N) is 1. The van der Waals surface area contributed by atoms with Crippen molar-refractivity contribution in [2.45, 2.75) is 5.75 Å². The summed E-state index contributed by atoms with van der Waals surface area (Å²) in [6.07, 6.45) is 1.67. The van der Waals surface area contributed by atoms with E-state index in [9.17, 15) is 9.00 Å². The van der Waals surface area contributed by atoms with Crippen LogP contribution in [-0.4, -0.2) is 20.7 Å². The van der Waals surface area contributed by atoms with Crippen molar-refractivity contribution in [1.82, 2.24) is 4.98 Å². The fraction of sp³-hybridized carbons (Fsp3) is 0.154. The standard InChI is InChI=1S/C13H12ClNO2S/c14-11-5-2-1-4-10(11)8-18(17)9-13(16)12-6-3-7-15-12/h1-7,15H,8-9H2/t18-/m1/s1. The predicted octanol–water partition coefficient (Wildman–Crippen LogP) is 2.80. The Balaban J connectivity index is 1.98. The first kappa shape index (κ1) is 13.1. The van der Waals surface area contributed by atoms with Crippen LogP contribution in [0, 0.1) is 0 Å². The quantitative estimate of drug-likeness (QED) is 0.857. The summed E-state index contributed by atoms with van der Waals surface area (Å²) in [7, 11) is -1.25. The van der Waals surface area contributed by atoms with E-state index < -0.39 is 10.8 Å². The number of H-pyrrole nitrogens is 1. The van der Waals surface area contributed by atoms with Crippen molar-refractivity contribution in [2.24, 2.45) is 0 Å². The zero-order valence-corrected chi connectivity index (χ0v) is 11.1. The Morgan fingerprint density at radius 1 is 1.22 bits per heavy atom. The van der Waals surface area contributed by atoms with E-state index in [0.717, 1.165) is 5.56 Å². The summed E-state index contributed by atoms with van der Waals surface area (Å²) in [6.45, 7) is 0. The Hall–Kier alpha value is -1.39. The van der Waals surface area contributed by atoms with Crippen LogP contribution in [0.5, 0.6) is 0 Å². The number of aromatic nitrogens is 1. The van der Waals surface area contributed by atoms with E-state index in [0.29, 0.717) is 16.5 Å². The number of carbonyl (C=O) groups is 1. The van der Waals surface area contributed by atoms with Gasteiger partial charge in [0.2, 0.25) is 0 Å². The third-order valence-electron chi connectivity index (χ3n) is 2.46. The lowest BCUT2D eigenvalue weighted by Gasteiger charge is -2.03. The van der Waals surface area contributed by atoms with Crippen molar-refractivity contribution >= 4 is 28.2 Å². The van der Waals surface area contributed by atoms with Gasteiger partial charge >= 0.3 is 0 Å². The average Bonchev–Trinajstić information content (AvgIpc) is 2.85. The second kappa shape index (κ2) is 5.98. The van der Waals surface area contributed by atoms with Gasteiger partial charge in [-0.05, 0) is 23.8 Å². The molecule has 0 bridgehead atoms. The van der Waals surface area contributed by atoms with Crippen molar-refractivity contribution in [3.63, 3.8) is 0 Å². The first-order valence-electron chi connectivity index (χ1n) is 5.42. The van der Waals surface area contributed by atoms with Gasteiger partial charge in [-0.2, -0.15) is 0 Å². The minimum atomic E-state index is -1.25. The van der Waals surface area contributed by atoms with Gasteiger partial charge in [-0.1, -0.05) is 29.8 Å².